The van der Waals surface area contributed by atoms with Crippen molar-refractivity contribution < 1.29 is 9.90 Å². The first-order valence-corrected chi connectivity index (χ1v) is 9.41. The van der Waals surface area contributed by atoms with Crippen LogP contribution in [0.25, 0.3) is 0 Å². The van der Waals surface area contributed by atoms with Gasteiger partial charge in [0.2, 0.25) is 0 Å². The lowest BCUT2D eigenvalue weighted by Crippen LogP contribution is -2.22. The summed E-state index contributed by atoms with van der Waals surface area (Å²) in [7, 11) is 0. The third-order valence-electron chi connectivity index (χ3n) is 6.11. The molecule has 0 saturated heterocycles. The minimum Gasteiger partial charge on any atom is -0.481 e. The van der Waals surface area contributed by atoms with E-state index in [2.05, 4.69) is 6.92 Å². The van der Waals surface area contributed by atoms with Gasteiger partial charge in [-0.1, -0.05) is 64.7 Å². The van der Waals surface area contributed by atoms with Crippen molar-refractivity contribution in [1.82, 2.24) is 0 Å². The lowest BCUT2D eigenvalue weighted by atomic mass is 9.75. The molecule has 0 aromatic heterocycles. The first-order valence-electron chi connectivity index (χ1n) is 9.41. The molecule has 0 unspecified atom stereocenters. The van der Waals surface area contributed by atoms with Crippen molar-refractivity contribution >= 4 is 5.97 Å². The minimum absolute atomic E-state index is 0.0461. The molecular formula is C19H34O2. The fraction of sp³-hybridized carbons (Fsp3) is 0.947. The van der Waals surface area contributed by atoms with Crippen molar-refractivity contribution in [1.29, 1.82) is 0 Å². The maximum Gasteiger partial charge on any atom is 0.306 e. The summed E-state index contributed by atoms with van der Waals surface area (Å²) < 4.78 is 0. The predicted molar refractivity (Wildman–Crippen MR) is 87.3 cm³/mol. The Morgan fingerprint density at radius 2 is 1.24 bits per heavy atom. The summed E-state index contributed by atoms with van der Waals surface area (Å²) in [4.78, 5) is 11.0. The molecule has 0 bridgehead atoms. The second kappa shape index (κ2) is 8.80. The zero-order valence-electron chi connectivity index (χ0n) is 13.9. The van der Waals surface area contributed by atoms with Crippen LogP contribution >= 0.6 is 0 Å². The summed E-state index contributed by atoms with van der Waals surface area (Å²) >= 11 is 0. The van der Waals surface area contributed by atoms with Crippen LogP contribution in [0.2, 0.25) is 0 Å². The van der Waals surface area contributed by atoms with Gasteiger partial charge >= 0.3 is 5.97 Å². The van der Waals surface area contributed by atoms with Gasteiger partial charge in [-0.15, -0.1) is 0 Å². The fourth-order valence-corrected chi connectivity index (χ4v) is 4.47. The smallest absolute Gasteiger partial charge is 0.306 e. The highest BCUT2D eigenvalue weighted by atomic mass is 16.4. The first kappa shape index (κ1) is 16.8. The van der Waals surface area contributed by atoms with Gasteiger partial charge in [0.05, 0.1) is 5.92 Å². The van der Waals surface area contributed by atoms with Crippen molar-refractivity contribution in [3.63, 3.8) is 0 Å². The average Bonchev–Trinajstić information content (AvgIpc) is 2.52. The van der Waals surface area contributed by atoms with Crippen LogP contribution in [0.4, 0.5) is 0 Å². The Labute approximate surface area is 130 Å². The Balaban J connectivity index is 1.57. The average molecular weight is 294 g/mol. The standard InChI is InChI=1S/C19H34O2/c1-2-3-4-15-5-7-16(8-6-15)9-10-17-11-13-18(14-12-17)19(20)21/h15-18H,2-14H2,1H3,(H,20,21). The SMILES string of the molecule is CCCCC1CCC(CCC2CCC(C(=O)O)CC2)CC1. The Morgan fingerprint density at radius 1 is 0.810 bits per heavy atom. The van der Waals surface area contributed by atoms with Crippen LogP contribution in [0, 0.1) is 23.7 Å². The Hall–Kier alpha value is -0.530. The zero-order chi connectivity index (χ0) is 15.1. The van der Waals surface area contributed by atoms with E-state index in [0.29, 0.717) is 0 Å². The minimum atomic E-state index is -0.571. The summed E-state index contributed by atoms with van der Waals surface area (Å²) in [6.45, 7) is 2.30. The van der Waals surface area contributed by atoms with Gasteiger partial charge in [-0.3, -0.25) is 4.79 Å². The molecule has 2 fully saturated rings. The lowest BCUT2D eigenvalue weighted by Gasteiger charge is -2.31. The highest BCUT2D eigenvalue weighted by molar-refractivity contribution is 5.69. The molecule has 1 N–H and O–H groups in total. The largest absolute Gasteiger partial charge is 0.481 e. The summed E-state index contributed by atoms with van der Waals surface area (Å²) in [5.74, 6) is 2.19. The van der Waals surface area contributed by atoms with Crippen molar-refractivity contribution in [3.8, 4) is 0 Å². The molecule has 0 radical (unpaired) electrons. The molecule has 0 aromatic carbocycles. The first-order chi connectivity index (χ1) is 10.2. The number of carboxylic acids is 1. The molecule has 0 aromatic rings. The van der Waals surface area contributed by atoms with Gasteiger partial charge in [0, 0.05) is 0 Å². The van der Waals surface area contributed by atoms with Crippen LogP contribution in [0.3, 0.4) is 0 Å². The predicted octanol–water partition coefficient (Wildman–Crippen LogP) is 5.65. The quantitative estimate of drug-likeness (QED) is 0.658. The molecule has 0 heterocycles. The number of hydrogen-bond donors (Lipinski definition) is 1. The molecule has 0 amide bonds. The normalized spacial score (nSPS) is 33.8. The second-order valence-electron chi connectivity index (χ2n) is 7.66. The number of unbranched alkanes of at least 4 members (excludes halogenated alkanes) is 1. The van der Waals surface area contributed by atoms with Crippen molar-refractivity contribution in [2.24, 2.45) is 23.7 Å². The lowest BCUT2D eigenvalue weighted by molar-refractivity contribution is -0.143. The zero-order valence-corrected chi connectivity index (χ0v) is 13.9. The number of aliphatic carboxylic acids is 1. The van der Waals surface area contributed by atoms with E-state index in [1.807, 2.05) is 0 Å². The van der Waals surface area contributed by atoms with Gasteiger partial charge in [-0.2, -0.15) is 0 Å². The molecule has 2 saturated carbocycles. The highest BCUT2D eigenvalue weighted by Crippen LogP contribution is 2.37. The van der Waals surface area contributed by atoms with E-state index in [1.54, 1.807) is 0 Å². The van der Waals surface area contributed by atoms with E-state index >= 15 is 0 Å². The topological polar surface area (TPSA) is 37.3 Å². The molecule has 2 aliphatic carbocycles. The third kappa shape index (κ3) is 5.64. The van der Waals surface area contributed by atoms with Gasteiger partial charge in [0.1, 0.15) is 0 Å². The van der Waals surface area contributed by atoms with Crippen LogP contribution in [-0.2, 0) is 4.79 Å². The summed E-state index contributed by atoms with van der Waals surface area (Å²) in [5, 5.41) is 9.04. The van der Waals surface area contributed by atoms with Gasteiger partial charge in [0.25, 0.3) is 0 Å². The molecule has 2 heteroatoms. The van der Waals surface area contributed by atoms with Gasteiger partial charge in [-0.25, -0.2) is 0 Å². The van der Waals surface area contributed by atoms with Gasteiger partial charge < -0.3 is 5.11 Å². The van der Waals surface area contributed by atoms with Crippen LogP contribution < -0.4 is 0 Å². The Kier molecular flexibility index (Phi) is 7.06. The molecule has 2 nitrogen and oxygen atoms in total. The maximum atomic E-state index is 11.0. The third-order valence-corrected chi connectivity index (χ3v) is 6.11. The highest BCUT2D eigenvalue weighted by Gasteiger charge is 2.27. The molecular weight excluding hydrogens is 260 g/mol. The van der Waals surface area contributed by atoms with E-state index in [4.69, 9.17) is 5.11 Å². The Morgan fingerprint density at radius 3 is 1.67 bits per heavy atom. The molecule has 2 rings (SSSR count). The van der Waals surface area contributed by atoms with E-state index in [0.717, 1.165) is 43.4 Å². The maximum absolute atomic E-state index is 11.0. The van der Waals surface area contributed by atoms with E-state index in [1.165, 1.54) is 57.8 Å². The van der Waals surface area contributed by atoms with Gasteiger partial charge in [0.15, 0.2) is 0 Å². The molecule has 2 aliphatic rings. The van der Waals surface area contributed by atoms with Crippen LogP contribution in [-0.4, -0.2) is 11.1 Å². The molecule has 122 valence electrons. The fourth-order valence-electron chi connectivity index (χ4n) is 4.47. The number of carboxylic acid groups (broad SMARTS) is 1. The number of hydrogen-bond acceptors (Lipinski definition) is 1. The number of carbonyl (C=O) groups is 1. The molecule has 0 spiro atoms. The van der Waals surface area contributed by atoms with Crippen molar-refractivity contribution in [2.45, 2.75) is 90.4 Å². The van der Waals surface area contributed by atoms with Crippen LogP contribution in [0.5, 0.6) is 0 Å². The van der Waals surface area contributed by atoms with Crippen LogP contribution in [0.1, 0.15) is 90.4 Å². The van der Waals surface area contributed by atoms with E-state index < -0.39 is 5.97 Å². The summed E-state index contributed by atoms with van der Waals surface area (Å²) in [6, 6.07) is 0. The Bertz CT molecular complexity index is 297. The van der Waals surface area contributed by atoms with Crippen molar-refractivity contribution in [2.75, 3.05) is 0 Å². The van der Waals surface area contributed by atoms with E-state index in [-0.39, 0.29) is 5.92 Å². The molecule has 21 heavy (non-hydrogen) atoms. The number of rotatable bonds is 7. The molecule has 0 atom stereocenters. The monoisotopic (exact) mass is 294 g/mol. The van der Waals surface area contributed by atoms with E-state index in [9.17, 15) is 4.79 Å². The van der Waals surface area contributed by atoms with Crippen LogP contribution in [0.15, 0.2) is 0 Å². The van der Waals surface area contributed by atoms with Crippen molar-refractivity contribution in [3.05, 3.63) is 0 Å². The summed E-state index contributed by atoms with van der Waals surface area (Å²) in [5.41, 5.74) is 0. The summed E-state index contributed by atoms with van der Waals surface area (Å²) in [6.07, 6.45) is 17.0. The second-order valence-corrected chi connectivity index (χ2v) is 7.66. The molecule has 0 aliphatic heterocycles. The van der Waals surface area contributed by atoms with Gasteiger partial charge in [-0.05, 0) is 43.4 Å².